The molecule has 5 atom stereocenters. The number of hydrogen-bond acceptors (Lipinski definition) is 11. The highest BCUT2D eigenvalue weighted by molar-refractivity contribution is 7.16. The van der Waals surface area contributed by atoms with Gasteiger partial charge < -0.3 is 49.1 Å². The van der Waals surface area contributed by atoms with Gasteiger partial charge in [0.15, 0.2) is 12.6 Å². The summed E-state index contributed by atoms with van der Waals surface area (Å²) >= 11 is 0. The van der Waals surface area contributed by atoms with E-state index >= 15 is 0 Å². The van der Waals surface area contributed by atoms with Gasteiger partial charge in [0.05, 0.1) is 46.3 Å². The summed E-state index contributed by atoms with van der Waals surface area (Å²) in [6.45, 7) is 6.98. The van der Waals surface area contributed by atoms with E-state index in [-0.39, 0.29) is 79.5 Å². The highest BCUT2D eigenvalue weighted by Crippen LogP contribution is 2.05. The van der Waals surface area contributed by atoms with Gasteiger partial charge in [0.25, 0.3) is 0 Å². The maximum absolute atomic E-state index is 11.6. The van der Waals surface area contributed by atoms with Crippen molar-refractivity contribution in [2.45, 2.75) is 64.3 Å². The molecule has 0 aliphatic carbocycles. The van der Waals surface area contributed by atoms with Gasteiger partial charge >= 0.3 is 5.97 Å². The molecular weight excluding hydrogens is 485 g/mol. The van der Waals surface area contributed by atoms with Crippen molar-refractivity contribution in [1.29, 1.82) is 1.28 Å². The van der Waals surface area contributed by atoms with Gasteiger partial charge in [-0.1, -0.05) is 29.6 Å². The van der Waals surface area contributed by atoms with Gasteiger partial charge in [-0.3, -0.25) is 9.59 Å². The zero-order valence-corrected chi connectivity index (χ0v) is 22.2. The van der Waals surface area contributed by atoms with Crippen LogP contribution in [0.1, 0.15) is 39.5 Å². The van der Waals surface area contributed by atoms with Crippen LogP contribution in [0.3, 0.4) is 0 Å². The lowest BCUT2D eigenvalue weighted by molar-refractivity contribution is -0.194. The standard InChI is InChI=1S/C15H28NO7P.C7H16O4/c1-4-12(8-17)23-15(20-3)9-21-14(19)6-5-13(18)16-7-11(2)22-10-24;1-3-6(4-8)11-7(5-9)10-2/h12,15,17H,2,4-10,24H2,1,3H3,(H,16,18);6-9H,3-5H2,1-2H3/i24T;. The summed E-state index contributed by atoms with van der Waals surface area (Å²) in [6, 6.07) is 0. The Labute approximate surface area is 211 Å². The smallest absolute Gasteiger partial charge is 0.306 e. The lowest BCUT2D eigenvalue weighted by atomic mass is 10.3. The van der Waals surface area contributed by atoms with Gasteiger partial charge in [0.2, 0.25) is 5.91 Å². The molecule has 0 aromatic carbocycles. The second kappa shape index (κ2) is 24.3. The van der Waals surface area contributed by atoms with E-state index in [2.05, 4.69) is 11.9 Å². The van der Waals surface area contributed by atoms with Crippen molar-refractivity contribution >= 4 is 21.1 Å². The van der Waals surface area contributed by atoms with Gasteiger partial charge in [-0.05, 0) is 12.8 Å². The number of methoxy groups -OCH3 is 2. The van der Waals surface area contributed by atoms with Gasteiger partial charge in [0, 0.05) is 20.6 Å². The second-order valence-corrected chi connectivity index (χ2v) is 7.29. The minimum absolute atomic E-state index is 0.0287. The number of rotatable bonds is 21. The Hall–Kier alpha value is -1.37. The fraction of sp³-hybridized carbons (Fsp3) is 0.818. The third-order valence-electron chi connectivity index (χ3n) is 4.38. The maximum Gasteiger partial charge on any atom is 0.306 e. The van der Waals surface area contributed by atoms with Crippen LogP contribution < -0.4 is 5.32 Å². The molecule has 208 valence electrons. The number of nitrogens with one attached hydrogen (secondary N) is 1. The first-order chi connectivity index (χ1) is 17.2. The molecule has 0 spiro atoms. The number of carbonyl (C=O) groups excluding carboxylic acids is 2. The molecular formula is C22H44NO11P. The van der Waals surface area contributed by atoms with E-state index in [4.69, 9.17) is 45.0 Å². The van der Waals surface area contributed by atoms with Crippen LogP contribution in [0.5, 0.6) is 0 Å². The van der Waals surface area contributed by atoms with Crippen molar-refractivity contribution in [2.75, 3.05) is 53.5 Å². The predicted octanol–water partition coefficient (Wildman–Crippen LogP) is 0.288. The summed E-state index contributed by atoms with van der Waals surface area (Å²) in [6.07, 6.45) is -0.579. The Morgan fingerprint density at radius 1 is 0.943 bits per heavy atom. The molecule has 0 heterocycles. The Balaban J connectivity index is 0. The minimum Gasteiger partial charge on any atom is -0.493 e. The third kappa shape index (κ3) is 20.5. The molecule has 4 N–H and O–H groups in total. The highest BCUT2D eigenvalue weighted by atomic mass is 31.0. The van der Waals surface area contributed by atoms with Crippen LogP contribution in [0.4, 0.5) is 0 Å². The summed E-state index contributed by atoms with van der Waals surface area (Å²) in [5.41, 5.74) is 0. The fourth-order valence-corrected chi connectivity index (χ4v) is 2.39. The van der Waals surface area contributed by atoms with Crippen LogP contribution in [0.15, 0.2) is 12.3 Å². The van der Waals surface area contributed by atoms with Crippen molar-refractivity contribution in [3.63, 3.8) is 0 Å². The summed E-state index contributed by atoms with van der Waals surface area (Å²) in [4.78, 5) is 23.3. The Morgan fingerprint density at radius 3 is 1.97 bits per heavy atom. The zero-order chi connectivity index (χ0) is 27.8. The molecule has 0 bridgehead atoms. The minimum atomic E-state index is -0.770. The Morgan fingerprint density at radius 2 is 1.51 bits per heavy atom. The number of ether oxygens (including phenoxy) is 6. The number of hydrogen-bond donors (Lipinski definition) is 4. The summed E-state index contributed by atoms with van der Waals surface area (Å²) in [5, 5.41) is 29.0. The van der Waals surface area contributed by atoms with Crippen molar-refractivity contribution < 1.29 is 53.3 Å². The third-order valence-corrected chi connectivity index (χ3v) is 4.52. The van der Waals surface area contributed by atoms with Gasteiger partial charge in [-0.15, -0.1) is 0 Å². The fourth-order valence-electron chi connectivity index (χ4n) is 2.19. The topological polar surface area (TPSA) is 162 Å². The molecule has 5 unspecified atom stereocenters. The summed E-state index contributed by atoms with van der Waals surface area (Å²) in [5.74, 6) is -0.519. The van der Waals surface area contributed by atoms with E-state index in [0.717, 1.165) is 0 Å². The van der Waals surface area contributed by atoms with E-state index in [1.54, 1.807) is 0 Å². The average Bonchev–Trinajstić information content (AvgIpc) is 2.90. The molecule has 1 amide bonds. The quantitative estimate of drug-likeness (QED) is 0.0697. The summed E-state index contributed by atoms with van der Waals surface area (Å²) in [7, 11) is 2.76. The van der Waals surface area contributed by atoms with Crippen molar-refractivity contribution in [3.8, 4) is 0 Å². The van der Waals surface area contributed by atoms with E-state index in [0.29, 0.717) is 18.6 Å². The summed E-state index contributed by atoms with van der Waals surface area (Å²) < 4.78 is 37.3. The van der Waals surface area contributed by atoms with Crippen LogP contribution in [-0.2, 0) is 38.0 Å². The van der Waals surface area contributed by atoms with Crippen LogP contribution in [-0.4, -0.2) is 107 Å². The van der Waals surface area contributed by atoms with Gasteiger partial charge in [0.1, 0.15) is 18.7 Å². The first-order valence-electron chi connectivity index (χ1n) is 11.8. The number of amides is 1. The van der Waals surface area contributed by atoms with E-state index < -0.39 is 18.5 Å². The number of aliphatic hydroxyl groups excluding tert-OH is 3. The Kier molecular flexibility index (Phi) is 23.4. The first-order valence-corrected chi connectivity index (χ1v) is 12.0. The molecule has 0 saturated carbocycles. The van der Waals surface area contributed by atoms with Gasteiger partial charge in [-0.25, -0.2) is 0 Å². The lowest BCUT2D eigenvalue weighted by Gasteiger charge is -2.21. The molecule has 0 fully saturated rings. The molecule has 0 saturated heterocycles. The van der Waals surface area contributed by atoms with E-state index in [9.17, 15) is 9.59 Å². The van der Waals surface area contributed by atoms with Crippen LogP contribution in [0, 0.1) is 0 Å². The number of esters is 1. The normalized spacial score (nSPS) is 14.8. The van der Waals surface area contributed by atoms with Crippen LogP contribution >= 0.6 is 9.18 Å². The molecule has 0 rings (SSSR count). The molecule has 0 aromatic rings. The second-order valence-electron chi connectivity index (χ2n) is 7.00. The van der Waals surface area contributed by atoms with Crippen molar-refractivity contribution in [2.24, 2.45) is 0 Å². The monoisotopic (exact) mass is 531 g/mol. The van der Waals surface area contributed by atoms with Crippen molar-refractivity contribution in [1.82, 2.24) is 5.32 Å². The molecule has 0 aliphatic heterocycles. The predicted molar refractivity (Wildman–Crippen MR) is 131 cm³/mol. The van der Waals surface area contributed by atoms with Crippen LogP contribution in [0.2, 0.25) is 0 Å². The molecule has 12 nitrogen and oxygen atoms in total. The zero-order valence-electron chi connectivity index (χ0n) is 22.2. The van der Waals surface area contributed by atoms with Crippen LogP contribution in [0.25, 0.3) is 0 Å². The number of aliphatic hydroxyl groups is 3. The van der Waals surface area contributed by atoms with E-state index in [1.807, 2.05) is 13.8 Å². The maximum atomic E-state index is 11.6. The Bertz CT molecular complexity index is 552. The molecule has 13 heteroatoms. The lowest BCUT2D eigenvalue weighted by Crippen LogP contribution is -2.31. The molecule has 0 radical (unpaired) electrons. The van der Waals surface area contributed by atoms with Crippen molar-refractivity contribution in [3.05, 3.63) is 12.3 Å². The molecule has 0 aliphatic rings. The SMILES string of the molecule is CCC(CO)OC(CO)OC.[3H]PCOC(=C)CNC(=O)CCC(=O)OCC(OC)OC(CC)CO. The first kappa shape index (κ1) is 33.6. The van der Waals surface area contributed by atoms with E-state index in [1.165, 1.54) is 14.2 Å². The largest absolute Gasteiger partial charge is 0.493 e. The molecule has 35 heavy (non-hydrogen) atoms. The highest BCUT2D eigenvalue weighted by Gasteiger charge is 2.17. The van der Waals surface area contributed by atoms with Gasteiger partial charge in [-0.2, -0.15) is 0 Å². The average molecular weight is 532 g/mol. The molecule has 0 aromatic heterocycles. The number of carbonyl (C=O) groups is 2.